The van der Waals surface area contributed by atoms with Crippen molar-refractivity contribution in [2.75, 3.05) is 12.4 Å². The first-order chi connectivity index (χ1) is 13.5. The summed E-state index contributed by atoms with van der Waals surface area (Å²) in [6.07, 6.45) is -1.29. The van der Waals surface area contributed by atoms with Crippen LogP contribution in [0.4, 0.5) is 14.5 Å². The number of hydrogen-bond donors (Lipinski definition) is 2. The van der Waals surface area contributed by atoms with Crippen molar-refractivity contribution in [3.63, 3.8) is 0 Å². The summed E-state index contributed by atoms with van der Waals surface area (Å²) in [5, 5.41) is 5.13. The monoisotopic (exact) mass is 428 g/mol. The lowest BCUT2D eigenvalue weighted by Gasteiger charge is -2.28. The summed E-state index contributed by atoms with van der Waals surface area (Å²) in [6.45, 7) is 9.03. The zero-order valence-corrected chi connectivity index (χ0v) is 18.4. The Labute approximate surface area is 175 Å². The van der Waals surface area contributed by atoms with E-state index in [9.17, 15) is 23.2 Å². The first-order valence-electron chi connectivity index (χ1n) is 9.47. The minimum absolute atomic E-state index is 0.156. The van der Waals surface area contributed by atoms with Gasteiger partial charge in [0.2, 0.25) is 0 Å². The first kappa shape index (κ1) is 25.3. The van der Waals surface area contributed by atoms with Crippen molar-refractivity contribution in [2.45, 2.75) is 71.1 Å². The van der Waals surface area contributed by atoms with Gasteiger partial charge in [0.15, 0.2) is 0 Å². The Morgan fingerprint density at radius 1 is 0.933 bits per heavy atom. The number of esters is 2. The number of ether oxygens (including phenoxy) is 2. The van der Waals surface area contributed by atoms with Gasteiger partial charge in [-0.25, -0.2) is 9.59 Å². The molecule has 0 radical (unpaired) electrons. The zero-order chi connectivity index (χ0) is 23.3. The lowest BCUT2D eigenvalue weighted by molar-refractivity contribution is -0.186. The second-order valence-corrected chi connectivity index (χ2v) is 8.80. The van der Waals surface area contributed by atoms with E-state index in [2.05, 4.69) is 10.6 Å². The van der Waals surface area contributed by atoms with Gasteiger partial charge in [-0.3, -0.25) is 4.79 Å². The molecule has 0 bridgehead atoms. The molecule has 0 saturated heterocycles. The van der Waals surface area contributed by atoms with Gasteiger partial charge in [-0.05, 0) is 65.8 Å². The molecule has 2 N–H and O–H groups in total. The molecule has 30 heavy (non-hydrogen) atoms. The fraction of sp³-hybridized carbons (Fsp3) is 0.571. The molecular formula is C21H30F2N2O5. The summed E-state index contributed by atoms with van der Waals surface area (Å²) in [5.41, 5.74) is -1.22. The smallest absolute Gasteiger partial charge is 0.377 e. The molecule has 0 spiro atoms. The van der Waals surface area contributed by atoms with Crippen molar-refractivity contribution in [3.05, 3.63) is 29.8 Å². The number of alkyl halides is 2. The van der Waals surface area contributed by atoms with Crippen molar-refractivity contribution in [1.82, 2.24) is 5.32 Å². The van der Waals surface area contributed by atoms with E-state index in [1.165, 1.54) is 32.9 Å². The molecule has 0 aliphatic rings. The van der Waals surface area contributed by atoms with Gasteiger partial charge in [0.1, 0.15) is 17.2 Å². The summed E-state index contributed by atoms with van der Waals surface area (Å²) < 4.78 is 38.9. The number of nitrogens with one attached hydrogen (secondary N) is 2. The fourth-order valence-corrected chi connectivity index (χ4v) is 2.29. The lowest BCUT2D eigenvalue weighted by Crippen LogP contribution is -2.49. The van der Waals surface area contributed by atoms with Crippen LogP contribution in [0.1, 0.15) is 58.3 Å². The molecule has 0 heterocycles. The summed E-state index contributed by atoms with van der Waals surface area (Å²) in [6, 6.07) is 4.42. The maximum Gasteiger partial charge on any atom is 0.377 e. The van der Waals surface area contributed by atoms with Crippen molar-refractivity contribution in [2.24, 2.45) is 0 Å². The predicted molar refractivity (Wildman–Crippen MR) is 108 cm³/mol. The normalized spacial score (nSPS) is 13.2. The molecular weight excluding hydrogens is 398 g/mol. The molecule has 1 atom stereocenters. The van der Waals surface area contributed by atoms with Crippen LogP contribution < -0.4 is 10.6 Å². The minimum atomic E-state index is -4.02. The largest absolute Gasteiger partial charge is 0.458 e. The second-order valence-electron chi connectivity index (χ2n) is 8.80. The van der Waals surface area contributed by atoms with E-state index in [4.69, 9.17) is 9.47 Å². The fourth-order valence-electron chi connectivity index (χ4n) is 2.29. The van der Waals surface area contributed by atoms with Crippen LogP contribution in [0, 0.1) is 0 Å². The second kappa shape index (κ2) is 9.40. The van der Waals surface area contributed by atoms with Crippen LogP contribution in [-0.2, 0) is 19.1 Å². The molecule has 0 fully saturated rings. The van der Waals surface area contributed by atoms with E-state index in [0.29, 0.717) is 0 Å². The number of benzene rings is 1. The van der Waals surface area contributed by atoms with E-state index < -0.39 is 47.4 Å². The third-order valence-corrected chi connectivity index (χ3v) is 3.59. The topological polar surface area (TPSA) is 93.7 Å². The zero-order valence-electron chi connectivity index (χ0n) is 18.4. The van der Waals surface area contributed by atoms with Crippen LogP contribution in [0.3, 0.4) is 0 Å². The minimum Gasteiger partial charge on any atom is -0.458 e. The van der Waals surface area contributed by atoms with Gasteiger partial charge in [-0.2, -0.15) is 8.78 Å². The number of halogens is 2. The van der Waals surface area contributed by atoms with Gasteiger partial charge in [0.05, 0.1) is 6.42 Å². The molecule has 1 amide bonds. The average Bonchev–Trinajstić information content (AvgIpc) is 2.58. The number of carbonyl (C=O) groups excluding carboxylic acids is 3. The molecule has 1 aromatic carbocycles. The maximum atomic E-state index is 14.5. The number of hydrogen-bond acceptors (Lipinski definition) is 6. The molecule has 0 saturated carbocycles. The van der Waals surface area contributed by atoms with Gasteiger partial charge in [-0.15, -0.1) is 0 Å². The molecule has 0 aliphatic heterocycles. The van der Waals surface area contributed by atoms with Crippen molar-refractivity contribution in [3.8, 4) is 0 Å². The Morgan fingerprint density at radius 2 is 1.43 bits per heavy atom. The maximum absolute atomic E-state index is 14.5. The molecule has 0 aromatic heterocycles. The van der Waals surface area contributed by atoms with E-state index in [1.54, 1.807) is 40.0 Å². The van der Waals surface area contributed by atoms with Gasteiger partial charge in [0.25, 0.3) is 5.91 Å². The molecule has 168 valence electrons. The Kier molecular flexibility index (Phi) is 7.94. The summed E-state index contributed by atoms with van der Waals surface area (Å²) in [5.74, 6) is -7.63. The average molecular weight is 428 g/mol. The van der Waals surface area contributed by atoms with Gasteiger partial charge in [-0.1, -0.05) is 0 Å². The van der Waals surface area contributed by atoms with Crippen LogP contribution in [0.25, 0.3) is 0 Å². The van der Waals surface area contributed by atoms with Crippen molar-refractivity contribution in [1.29, 1.82) is 0 Å². The van der Waals surface area contributed by atoms with Gasteiger partial charge >= 0.3 is 17.9 Å². The Bertz CT molecular complexity index is 765. The highest BCUT2D eigenvalue weighted by molar-refractivity contribution is 5.97. The Hall–Kier alpha value is -2.71. The highest BCUT2D eigenvalue weighted by Crippen LogP contribution is 2.26. The third-order valence-electron chi connectivity index (χ3n) is 3.59. The van der Waals surface area contributed by atoms with Gasteiger partial charge in [0, 0.05) is 18.3 Å². The lowest BCUT2D eigenvalue weighted by atomic mass is 10.1. The molecule has 0 unspecified atom stereocenters. The van der Waals surface area contributed by atoms with E-state index in [1.807, 2.05) is 0 Å². The van der Waals surface area contributed by atoms with Crippen LogP contribution in [0.5, 0.6) is 0 Å². The van der Waals surface area contributed by atoms with Crippen molar-refractivity contribution < 1.29 is 32.6 Å². The summed E-state index contributed by atoms with van der Waals surface area (Å²) in [4.78, 5) is 36.9. The Morgan fingerprint density at radius 3 is 1.87 bits per heavy atom. The highest BCUT2D eigenvalue weighted by Gasteiger charge is 2.47. The van der Waals surface area contributed by atoms with Crippen molar-refractivity contribution >= 4 is 23.5 Å². The third kappa shape index (κ3) is 8.34. The van der Waals surface area contributed by atoms with E-state index >= 15 is 0 Å². The quantitative estimate of drug-likeness (QED) is 0.646. The SMILES string of the molecule is CNc1ccc(C(=O)N[C@H](CC(F)(F)C(=O)OC(C)(C)C)C(=O)OC(C)(C)C)cc1. The number of amides is 1. The first-order valence-corrected chi connectivity index (χ1v) is 9.47. The number of anilines is 1. The molecule has 0 aliphatic carbocycles. The van der Waals surface area contributed by atoms with Crippen LogP contribution in [-0.4, -0.2) is 48.1 Å². The summed E-state index contributed by atoms with van der Waals surface area (Å²) in [7, 11) is 1.70. The van der Waals surface area contributed by atoms with Crippen LogP contribution in [0.2, 0.25) is 0 Å². The summed E-state index contributed by atoms with van der Waals surface area (Å²) >= 11 is 0. The van der Waals surface area contributed by atoms with E-state index in [0.717, 1.165) is 5.69 Å². The van der Waals surface area contributed by atoms with Crippen LogP contribution in [0.15, 0.2) is 24.3 Å². The number of rotatable bonds is 7. The standard InChI is InChI=1S/C21H30F2N2O5/c1-19(2,3)29-17(27)15(12-21(22,23)18(28)30-20(4,5)6)25-16(26)13-8-10-14(24-7)11-9-13/h8-11,15,24H,12H2,1-7H3,(H,25,26)/t15-/m1/s1. The van der Waals surface area contributed by atoms with Crippen LogP contribution >= 0.6 is 0 Å². The van der Waals surface area contributed by atoms with E-state index in [-0.39, 0.29) is 5.56 Å². The van der Waals surface area contributed by atoms with Gasteiger partial charge < -0.3 is 20.1 Å². The predicted octanol–water partition coefficient (Wildman–Crippen LogP) is 3.54. The Balaban J connectivity index is 3.07. The molecule has 1 rings (SSSR count). The molecule has 9 heteroatoms. The molecule has 1 aromatic rings. The highest BCUT2D eigenvalue weighted by atomic mass is 19.3. The number of carbonyl (C=O) groups is 3. The molecule has 7 nitrogen and oxygen atoms in total.